The van der Waals surface area contributed by atoms with Crippen molar-refractivity contribution in [2.24, 2.45) is 0 Å². The second-order valence-corrected chi connectivity index (χ2v) is 5.73. The Balaban J connectivity index is 2.03. The summed E-state index contributed by atoms with van der Waals surface area (Å²) in [5.41, 5.74) is 5.55. The molecule has 0 aliphatic heterocycles. The van der Waals surface area contributed by atoms with E-state index in [0.717, 1.165) is 3.57 Å². The van der Waals surface area contributed by atoms with Crippen LogP contribution in [0.25, 0.3) is 0 Å². The molecule has 0 fully saturated rings. The minimum absolute atomic E-state index is 0.339. The Hall–Kier alpha value is -2.29. The second-order valence-electron chi connectivity index (χ2n) is 4.49. The van der Waals surface area contributed by atoms with E-state index in [1.54, 1.807) is 30.3 Å². The summed E-state index contributed by atoms with van der Waals surface area (Å²) in [7, 11) is 3.00. The van der Waals surface area contributed by atoms with Crippen LogP contribution >= 0.6 is 22.6 Å². The lowest BCUT2D eigenvalue weighted by molar-refractivity contribution is 0.0846. The van der Waals surface area contributed by atoms with E-state index in [1.807, 2.05) is 6.07 Å². The Morgan fingerprint density at radius 1 is 0.870 bits per heavy atom. The Morgan fingerprint density at radius 2 is 1.48 bits per heavy atom. The molecule has 2 aromatic carbocycles. The van der Waals surface area contributed by atoms with Gasteiger partial charge in [-0.25, -0.2) is 0 Å². The molecule has 7 heteroatoms. The number of methoxy groups -OCH3 is 2. The SMILES string of the molecule is COc1ccc(C(=O)NNC(=O)c2cccc(I)c2)cc1OC. The van der Waals surface area contributed by atoms with Crippen molar-refractivity contribution in [3.63, 3.8) is 0 Å². The third-order valence-electron chi connectivity index (χ3n) is 3.02. The monoisotopic (exact) mass is 426 g/mol. The van der Waals surface area contributed by atoms with Crippen molar-refractivity contribution in [2.75, 3.05) is 14.2 Å². The van der Waals surface area contributed by atoms with E-state index in [1.165, 1.54) is 20.3 Å². The van der Waals surface area contributed by atoms with E-state index in [0.29, 0.717) is 22.6 Å². The van der Waals surface area contributed by atoms with Gasteiger partial charge in [0.05, 0.1) is 14.2 Å². The van der Waals surface area contributed by atoms with Crippen LogP contribution in [0.5, 0.6) is 11.5 Å². The van der Waals surface area contributed by atoms with Gasteiger partial charge in [-0.15, -0.1) is 0 Å². The summed E-state index contributed by atoms with van der Waals surface area (Å²) in [6.45, 7) is 0. The largest absolute Gasteiger partial charge is 0.493 e. The van der Waals surface area contributed by atoms with E-state index in [-0.39, 0.29) is 0 Å². The van der Waals surface area contributed by atoms with Crippen molar-refractivity contribution < 1.29 is 19.1 Å². The number of amides is 2. The molecule has 2 N–H and O–H groups in total. The van der Waals surface area contributed by atoms with Crippen LogP contribution in [0.1, 0.15) is 20.7 Å². The van der Waals surface area contributed by atoms with E-state index in [9.17, 15) is 9.59 Å². The average molecular weight is 426 g/mol. The van der Waals surface area contributed by atoms with Crippen molar-refractivity contribution in [3.05, 3.63) is 57.2 Å². The molecule has 2 aromatic rings. The minimum atomic E-state index is -0.454. The molecule has 0 atom stereocenters. The highest BCUT2D eigenvalue weighted by Gasteiger charge is 2.12. The average Bonchev–Trinajstić information content (AvgIpc) is 2.58. The van der Waals surface area contributed by atoms with E-state index >= 15 is 0 Å². The van der Waals surface area contributed by atoms with Crippen molar-refractivity contribution >= 4 is 34.4 Å². The maximum absolute atomic E-state index is 12.1. The zero-order valence-electron chi connectivity index (χ0n) is 12.6. The van der Waals surface area contributed by atoms with Crippen LogP contribution < -0.4 is 20.3 Å². The summed E-state index contributed by atoms with van der Waals surface area (Å²) < 4.78 is 11.2. The summed E-state index contributed by atoms with van der Waals surface area (Å²) in [4.78, 5) is 24.1. The first-order valence-corrected chi connectivity index (χ1v) is 7.71. The molecular weight excluding hydrogens is 411 g/mol. The lowest BCUT2D eigenvalue weighted by atomic mass is 10.2. The van der Waals surface area contributed by atoms with Crippen molar-refractivity contribution in [1.29, 1.82) is 0 Å². The Morgan fingerprint density at radius 3 is 2.04 bits per heavy atom. The molecule has 0 saturated carbocycles. The fourth-order valence-electron chi connectivity index (χ4n) is 1.87. The molecule has 0 aromatic heterocycles. The molecular formula is C16H15IN2O4. The quantitative estimate of drug-likeness (QED) is 0.582. The fourth-order valence-corrected chi connectivity index (χ4v) is 2.41. The standard InChI is InChI=1S/C16H15IN2O4/c1-22-13-7-6-11(9-14(13)23-2)16(21)19-18-15(20)10-4-3-5-12(17)8-10/h3-9H,1-2H3,(H,18,20)(H,19,21). The summed E-state index contributed by atoms with van der Waals surface area (Å²) in [6, 6.07) is 11.8. The van der Waals surface area contributed by atoms with Gasteiger partial charge in [0, 0.05) is 14.7 Å². The van der Waals surface area contributed by atoms with Gasteiger partial charge in [-0.3, -0.25) is 20.4 Å². The molecule has 0 unspecified atom stereocenters. The molecule has 0 saturated heterocycles. The second kappa shape index (κ2) is 7.82. The molecule has 0 aliphatic rings. The van der Waals surface area contributed by atoms with E-state index in [4.69, 9.17) is 9.47 Å². The first-order valence-electron chi connectivity index (χ1n) is 6.63. The van der Waals surface area contributed by atoms with Crippen LogP contribution in [0.15, 0.2) is 42.5 Å². The van der Waals surface area contributed by atoms with Crippen LogP contribution in [0, 0.1) is 3.57 Å². The number of hydrazine groups is 1. The Labute approximate surface area is 147 Å². The third kappa shape index (κ3) is 4.35. The molecule has 6 nitrogen and oxygen atoms in total. The number of halogens is 1. The molecule has 2 amide bonds. The van der Waals surface area contributed by atoms with Gasteiger partial charge in [0.1, 0.15) is 0 Å². The number of ether oxygens (including phenoxy) is 2. The van der Waals surface area contributed by atoms with Gasteiger partial charge >= 0.3 is 0 Å². The van der Waals surface area contributed by atoms with Crippen molar-refractivity contribution in [2.45, 2.75) is 0 Å². The highest BCUT2D eigenvalue weighted by atomic mass is 127. The van der Waals surface area contributed by atoms with Gasteiger partial charge in [-0.05, 0) is 59.0 Å². The zero-order chi connectivity index (χ0) is 16.8. The van der Waals surface area contributed by atoms with E-state index < -0.39 is 11.8 Å². The molecule has 0 heterocycles. The van der Waals surface area contributed by atoms with Crippen molar-refractivity contribution in [1.82, 2.24) is 10.9 Å². The summed E-state index contributed by atoms with van der Waals surface area (Å²) in [5, 5.41) is 0. The smallest absolute Gasteiger partial charge is 0.269 e. The lowest BCUT2D eigenvalue weighted by Crippen LogP contribution is -2.41. The molecule has 2 rings (SSSR count). The zero-order valence-corrected chi connectivity index (χ0v) is 14.7. The number of hydrogen-bond donors (Lipinski definition) is 2. The van der Waals surface area contributed by atoms with Crippen LogP contribution in [0.3, 0.4) is 0 Å². The lowest BCUT2D eigenvalue weighted by Gasteiger charge is -2.10. The predicted octanol–water partition coefficient (Wildman–Crippen LogP) is 2.38. The van der Waals surface area contributed by atoms with Gasteiger partial charge in [0.2, 0.25) is 0 Å². The Kier molecular flexibility index (Phi) is 5.80. The van der Waals surface area contributed by atoms with Gasteiger partial charge in [0.25, 0.3) is 11.8 Å². The molecule has 0 spiro atoms. The third-order valence-corrected chi connectivity index (χ3v) is 3.69. The summed E-state index contributed by atoms with van der Waals surface area (Å²) in [6.07, 6.45) is 0. The first-order chi connectivity index (χ1) is 11.0. The van der Waals surface area contributed by atoms with Crippen LogP contribution in [-0.4, -0.2) is 26.0 Å². The first kappa shape index (κ1) is 17.1. The number of nitrogens with one attached hydrogen (secondary N) is 2. The molecule has 120 valence electrons. The highest BCUT2D eigenvalue weighted by Crippen LogP contribution is 2.27. The fraction of sp³-hybridized carbons (Fsp3) is 0.125. The van der Waals surface area contributed by atoms with E-state index in [2.05, 4.69) is 33.4 Å². The molecule has 0 aliphatic carbocycles. The maximum atomic E-state index is 12.1. The summed E-state index contributed by atoms with van der Waals surface area (Å²) in [5.74, 6) is 0.110. The number of hydrogen-bond acceptors (Lipinski definition) is 4. The van der Waals surface area contributed by atoms with Crippen LogP contribution in [0.2, 0.25) is 0 Å². The molecule has 0 radical (unpaired) electrons. The Bertz CT molecular complexity index is 734. The van der Waals surface area contributed by atoms with Gasteiger partial charge in [-0.1, -0.05) is 6.07 Å². The molecule has 23 heavy (non-hydrogen) atoms. The van der Waals surface area contributed by atoms with Gasteiger partial charge < -0.3 is 9.47 Å². The number of rotatable bonds is 4. The van der Waals surface area contributed by atoms with Gasteiger partial charge in [-0.2, -0.15) is 0 Å². The van der Waals surface area contributed by atoms with Crippen LogP contribution in [0.4, 0.5) is 0 Å². The minimum Gasteiger partial charge on any atom is -0.493 e. The topological polar surface area (TPSA) is 76.7 Å². The normalized spacial score (nSPS) is 9.87. The van der Waals surface area contributed by atoms with Gasteiger partial charge in [0.15, 0.2) is 11.5 Å². The maximum Gasteiger partial charge on any atom is 0.269 e. The van der Waals surface area contributed by atoms with Crippen LogP contribution in [-0.2, 0) is 0 Å². The summed E-state index contributed by atoms with van der Waals surface area (Å²) >= 11 is 2.11. The predicted molar refractivity (Wildman–Crippen MR) is 93.6 cm³/mol. The number of carbonyl (C=O) groups excluding carboxylic acids is 2. The highest BCUT2D eigenvalue weighted by molar-refractivity contribution is 14.1. The molecule has 0 bridgehead atoms. The number of benzene rings is 2. The van der Waals surface area contributed by atoms with Crippen molar-refractivity contribution in [3.8, 4) is 11.5 Å². The number of carbonyl (C=O) groups is 2.